The van der Waals surface area contributed by atoms with Crippen LogP contribution in [0.25, 0.3) is 0 Å². The Bertz CT molecular complexity index is 590. The number of benzene rings is 1. The first kappa shape index (κ1) is 16.7. The molecule has 0 saturated heterocycles. The molecule has 1 aromatic rings. The second-order valence-corrected chi connectivity index (χ2v) is 6.80. The number of anilines is 1. The topological polar surface area (TPSA) is 43.1 Å². The number of alkyl halides is 5. The molecule has 1 aromatic carbocycles. The van der Waals surface area contributed by atoms with Crippen LogP contribution in [-0.4, -0.2) is 15.6 Å². The molecule has 0 amide bonds. The van der Waals surface area contributed by atoms with Gasteiger partial charge in [0.1, 0.15) is 6.42 Å². The Labute approximate surface area is 109 Å². The van der Waals surface area contributed by atoms with E-state index in [-0.39, 0.29) is 11.3 Å². The zero-order valence-electron chi connectivity index (χ0n) is 9.98. The predicted octanol–water partition coefficient (Wildman–Crippen LogP) is 4.07. The molecule has 0 aliphatic rings. The number of halogens is 7. The quantitative estimate of drug-likeness (QED) is 0.517. The van der Waals surface area contributed by atoms with Crippen molar-refractivity contribution < 1.29 is 33.9 Å². The summed E-state index contributed by atoms with van der Waals surface area (Å²) in [4.78, 5) is -1.66. The molecule has 0 aromatic heterocycles. The fraction of sp³-hybridized carbons (Fsp3) is 0.400. The maximum Gasteiger partial charge on any atom is 0.396 e. The molecular weight excluding hydrogens is 315 g/mol. The summed E-state index contributed by atoms with van der Waals surface area (Å²) >= 11 is 0. The number of nitrogen functional groups attached to an aromatic ring is 1. The minimum Gasteiger partial charge on any atom is -0.399 e. The molecule has 0 saturated carbocycles. The molecule has 2 N–H and O–H groups in total. The van der Waals surface area contributed by atoms with Gasteiger partial charge in [-0.1, -0.05) is 0 Å². The van der Waals surface area contributed by atoms with Gasteiger partial charge in [-0.15, -0.1) is 7.77 Å². The molecule has 0 fully saturated rings. The molecule has 0 aliphatic carbocycles. The Morgan fingerprint density at radius 1 is 1.15 bits per heavy atom. The molecule has 0 atom stereocenters. The van der Waals surface area contributed by atoms with Crippen molar-refractivity contribution in [2.45, 2.75) is 29.7 Å². The van der Waals surface area contributed by atoms with Crippen molar-refractivity contribution in [2.24, 2.45) is 0 Å². The molecular formula is C10H10F7NOS. The average Bonchev–Trinajstić information content (AvgIpc) is 2.17. The Morgan fingerprint density at radius 2 is 1.65 bits per heavy atom. The lowest BCUT2D eigenvalue weighted by Gasteiger charge is -2.33. The van der Waals surface area contributed by atoms with Gasteiger partial charge in [-0.05, 0) is 30.7 Å². The minimum atomic E-state index is -8.03. The lowest BCUT2D eigenvalue weighted by Crippen LogP contribution is -2.45. The van der Waals surface area contributed by atoms with Gasteiger partial charge < -0.3 is 5.73 Å². The smallest absolute Gasteiger partial charge is 0.396 e. The van der Waals surface area contributed by atoms with Crippen LogP contribution < -0.4 is 5.73 Å². The Kier molecular flexibility index (Phi) is 3.63. The second-order valence-electron chi connectivity index (χ2n) is 4.21. The van der Waals surface area contributed by atoms with Crippen molar-refractivity contribution in [3.8, 4) is 0 Å². The van der Waals surface area contributed by atoms with E-state index >= 15 is 0 Å². The van der Waals surface area contributed by atoms with Crippen LogP contribution in [0.3, 0.4) is 0 Å². The first-order valence-electron chi connectivity index (χ1n) is 5.06. The van der Waals surface area contributed by atoms with Gasteiger partial charge in [0.15, 0.2) is 0 Å². The van der Waals surface area contributed by atoms with Gasteiger partial charge in [-0.2, -0.15) is 22.0 Å². The van der Waals surface area contributed by atoms with E-state index in [1.54, 1.807) is 0 Å². The summed E-state index contributed by atoms with van der Waals surface area (Å²) in [6.45, 7) is 1.17. The molecule has 1 rings (SSSR count). The predicted molar refractivity (Wildman–Crippen MR) is 59.8 cm³/mol. The van der Waals surface area contributed by atoms with Crippen LogP contribution in [-0.2, 0) is 9.84 Å². The molecule has 10 heteroatoms. The van der Waals surface area contributed by atoms with E-state index in [1.165, 1.54) is 6.92 Å². The van der Waals surface area contributed by atoms with Crippen LogP contribution in [0, 0.1) is 6.92 Å². The summed E-state index contributed by atoms with van der Waals surface area (Å²) in [5.41, 5.74) is 5.14. The maximum absolute atomic E-state index is 13.7. The summed E-state index contributed by atoms with van der Waals surface area (Å²) < 4.78 is 101. The van der Waals surface area contributed by atoms with Crippen molar-refractivity contribution in [1.29, 1.82) is 0 Å². The van der Waals surface area contributed by atoms with Crippen LogP contribution in [0.1, 0.15) is 12.0 Å². The van der Waals surface area contributed by atoms with Crippen molar-refractivity contribution in [3.05, 3.63) is 23.8 Å². The summed E-state index contributed by atoms with van der Waals surface area (Å²) in [7, 11) is -8.03. The van der Waals surface area contributed by atoms with E-state index in [9.17, 15) is 33.9 Å². The van der Waals surface area contributed by atoms with Crippen molar-refractivity contribution in [3.63, 3.8) is 0 Å². The van der Waals surface area contributed by atoms with Crippen molar-refractivity contribution in [1.82, 2.24) is 0 Å². The lowest BCUT2D eigenvalue weighted by molar-refractivity contribution is -0.169. The summed E-state index contributed by atoms with van der Waals surface area (Å²) in [5, 5.41) is -5.74. The number of hydrogen-bond acceptors (Lipinski definition) is 2. The van der Waals surface area contributed by atoms with Crippen LogP contribution in [0.2, 0.25) is 0 Å². The third kappa shape index (κ3) is 2.89. The highest BCUT2D eigenvalue weighted by molar-refractivity contribution is 8.12. The maximum atomic E-state index is 13.7. The van der Waals surface area contributed by atoms with Gasteiger partial charge in [0.2, 0.25) is 9.84 Å². The van der Waals surface area contributed by atoms with Crippen LogP contribution in [0.15, 0.2) is 23.1 Å². The molecule has 0 aliphatic heterocycles. The van der Waals surface area contributed by atoms with Crippen molar-refractivity contribution in [2.75, 3.05) is 5.73 Å². The molecule has 0 bridgehead atoms. The minimum absolute atomic E-state index is 0.0454. The number of nitrogens with two attached hydrogens (primary N) is 1. The van der Waals surface area contributed by atoms with Crippen LogP contribution in [0.4, 0.5) is 35.4 Å². The first-order valence-corrected chi connectivity index (χ1v) is 6.83. The SMILES string of the molecule is Cc1cc(S(=O)(F)(F)C(F)(F)CC(F)(F)F)ccc1N. The number of hydrogen-bond donors (Lipinski definition) is 1. The van der Waals surface area contributed by atoms with Crippen molar-refractivity contribution >= 4 is 15.5 Å². The third-order valence-corrected chi connectivity index (χ3v) is 4.71. The zero-order chi connectivity index (χ0) is 16.0. The van der Waals surface area contributed by atoms with Gasteiger partial charge in [0, 0.05) is 5.69 Å². The van der Waals surface area contributed by atoms with E-state index in [2.05, 4.69) is 0 Å². The highest BCUT2D eigenvalue weighted by atomic mass is 32.3. The van der Waals surface area contributed by atoms with E-state index in [4.69, 9.17) is 5.73 Å². The lowest BCUT2D eigenvalue weighted by atomic mass is 10.2. The normalized spacial score (nSPS) is 15.7. The summed E-state index contributed by atoms with van der Waals surface area (Å²) in [6, 6.07) is 1.51. The molecule has 0 unspecified atom stereocenters. The second kappa shape index (κ2) is 4.34. The standard InChI is InChI=1S/C10H10F7NOS/c1-6-4-7(2-3-8(6)18)20(16,17,19)10(14,15)5-9(11,12)13/h2-4H,5,18H2,1H3. The molecule has 0 radical (unpaired) electrons. The first-order chi connectivity index (χ1) is 8.65. The van der Waals surface area contributed by atoms with Gasteiger partial charge in [0.25, 0.3) is 0 Å². The fourth-order valence-electron chi connectivity index (χ4n) is 1.39. The molecule has 116 valence electrons. The highest BCUT2D eigenvalue weighted by Gasteiger charge is 2.66. The molecule has 0 spiro atoms. The van der Waals surface area contributed by atoms with Gasteiger partial charge in [0.05, 0.1) is 4.90 Å². The van der Waals surface area contributed by atoms with Gasteiger partial charge in [-0.25, -0.2) is 4.21 Å². The van der Waals surface area contributed by atoms with E-state index < -0.39 is 32.6 Å². The van der Waals surface area contributed by atoms with E-state index in [0.717, 1.165) is 6.07 Å². The molecule has 20 heavy (non-hydrogen) atoms. The summed E-state index contributed by atoms with van der Waals surface area (Å²) in [5.74, 6) is 0. The van der Waals surface area contributed by atoms with E-state index in [1.807, 2.05) is 0 Å². The Balaban J connectivity index is 3.43. The zero-order valence-corrected chi connectivity index (χ0v) is 10.8. The largest absolute Gasteiger partial charge is 0.399 e. The molecule has 2 nitrogen and oxygen atoms in total. The highest BCUT2D eigenvalue weighted by Crippen LogP contribution is 2.55. The van der Waals surface area contributed by atoms with Gasteiger partial charge in [-0.3, -0.25) is 0 Å². The molecule has 0 heterocycles. The van der Waals surface area contributed by atoms with Crippen LogP contribution in [0.5, 0.6) is 0 Å². The summed E-state index contributed by atoms with van der Waals surface area (Å²) in [6.07, 6.45) is -8.77. The third-order valence-electron chi connectivity index (χ3n) is 2.54. The number of rotatable bonds is 3. The fourth-order valence-corrected chi connectivity index (χ4v) is 2.80. The van der Waals surface area contributed by atoms with Gasteiger partial charge >= 0.3 is 11.4 Å². The Morgan fingerprint density at radius 3 is 2.05 bits per heavy atom. The monoisotopic (exact) mass is 325 g/mol. The number of aryl methyl sites for hydroxylation is 1. The van der Waals surface area contributed by atoms with E-state index in [0.29, 0.717) is 12.1 Å². The average molecular weight is 325 g/mol. The Hall–Kier alpha value is -1.32. The van der Waals surface area contributed by atoms with Crippen LogP contribution >= 0.6 is 0 Å².